The molecule has 9 heteroatoms. The third-order valence-electron chi connectivity index (χ3n) is 5.19. The molecule has 0 fully saturated rings. The van der Waals surface area contributed by atoms with Crippen LogP contribution in [0.15, 0.2) is 47.4 Å². The number of Topliss-reactive ketones (excluding diaryl/α,β-unsaturated/α-hetero) is 1. The molecule has 0 bridgehead atoms. The maximum Gasteiger partial charge on any atom is 0.243 e. The lowest BCUT2D eigenvalue weighted by Gasteiger charge is -2.21. The standard InChI is InChI=1S/C24H32N2O6S/c1-17(2)26(4)33(29,30)21-11-8-19(9-12-21)16-25-24(28)7-6-14-32-22-13-10-20(18(3)27)15-23(22)31-5/h8-13,15,17H,6-7,14,16H2,1-5H3,(H,25,28). The largest absolute Gasteiger partial charge is 0.493 e. The van der Waals surface area contributed by atoms with E-state index in [2.05, 4.69) is 5.32 Å². The van der Waals surface area contributed by atoms with Gasteiger partial charge in [0.2, 0.25) is 15.9 Å². The molecule has 0 saturated carbocycles. The zero-order valence-corrected chi connectivity index (χ0v) is 20.6. The van der Waals surface area contributed by atoms with E-state index in [1.54, 1.807) is 49.5 Å². The fraction of sp³-hybridized carbons (Fsp3) is 0.417. The lowest BCUT2D eigenvalue weighted by molar-refractivity contribution is -0.121. The topological polar surface area (TPSA) is 102 Å². The van der Waals surface area contributed by atoms with Crippen LogP contribution in [0.2, 0.25) is 0 Å². The molecule has 8 nitrogen and oxygen atoms in total. The van der Waals surface area contributed by atoms with E-state index < -0.39 is 10.0 Å². The van der Waals surface area contributed by atoms with Gasteiger partial charge in [-0.2, -0.15) is 4.31 Å². The number of carbonyl (C=O) groups is 2. The average molecular weight is 477 g/mol. The highest BCUT2D eigenvalue weighted by Gasteiger charge is 2.22. The Kier molecular flexibility index (Phi) is 9.43. The Hall–Kier alpha value is -2.91. The Morgan fingerprint density at radius 1 is 1.06 bits per heavy atom. The third-order valence-corrected chi connectivity index (χ3v) is 7.24. The Morgan fingerprint density at radius 3 is 2.30 bits per heavy atom. The molecule has 0 atom stereocenters. The van der Waals surface area contributed by atoms with Crippen LogP contribution in [0.4, 0.5) is 0 Å². The fourth-order valence-corrected chi connectivity index (χ4v) is 4.30. The second-order valence-electron chi connectivity index (χ2n) is 7.91. The number of hydrogen-bond donors (Lipinski definition) is 1. The Balaban J connectivity index is 1.79. The van der Waals surface area contributed by atoms with E-state index in [4.69, 9.17) is 9.47 Å². The first-order valence-corrected chi connectivity index (χ1v) is 12.2. The van der Waals surface area contributed by atoms with Crippen molar-refractivity contribution >= 4 is 21.7 Å². The molecular weight excluding hydrogens is 444 g/mol. The number of benzene rings is 2. The van der Waals surface area contributed by atoms with E-state index in [1.807, 2.05) is 13.8 Å². The van der Waals surface area contributed by atoms with Gasteiger partial charge in [-0.15, -0.1) is 0 Å². The number of ketones is 1. The van der Waals surface area contributed by atoms with Gasteiger partial charge in [-0.3, -0.25) is 9.59 Å². The van der Waals surface area contributed by atoms with Crippen molar-refractivity contribution in [1.82, 2.24) is 9.62 Å². The van der Waals surface area contributed by atoms with Crippen molar-refractivity contribution in [2.75, 3.05) is 20.8 Å². The molecule has 1 N–H and O–H groups in total. The van der Waals surface area contributed by atoms with Crippen molar-refractivity contribution in [3.8, 4) is 11.5 Å². The van der Waals surface area contributed by atoms with E-state index in [9.17, 15) is 18.0 Å². The molecule has 0 aliphatic rings. The molecule has 2 aromatic carbocycles. The molecule has 0 spiro atoms. The molecular formula is C24H32N2O6S. The average Bonchev–Trinajstić information content (AvgIpc) is 2.79. The van der Waals surface area contributed by atoms with Gasteiger partial charge in [0.15, 0.2) is 17.3 Å². The predicted molar refractivity (Wildman–Crippen MR) is 126 cm³/mol. The zero-order valence-electron chi connectivity index (χ0n) is 19.8. The van der Waals surface area contributed by atoms with Crippen LogP contribution in [0.5, 0.6) is 11.5 Å². The molecule has 0 aromatic heterocycles. The molecule has 0 aliphatic heterocycles. The monoisotopic (exact) mass is 476 g/mol. The van der Waals surface area contributed by atoms with Crippen LogP contribution in [0.3, 0.4) is 0 Å². The van der Waals surface area contributed by atoms with Gasteiger partial charge in [-0.05, 0) is 63.1 Å². The van der Waals surface area contributed by atoms with Crippen LogP contribution in [-0.2, 0) is 21.4 Å². The summed E-state index contributed by atoms with van der Waals surface area (Å²) < 4.78 is 37.3. The lowest BCUT2D eigenvalue weighted by Crippen LogP contribution is -2.33. The van der Waals surface area contributed by atoms with Gasteiger partial charge in [0.05, 0.1) is 18.6 Å². The number of amides is 1. The van der Waals surface area contributed by atoms with Gasteiger partial charge < -0.3 is 14.8 Å². The highest BCUT2D eigenvalue weighted by Crippen LogP contribution is 2.28. The van der Waals surface area contributed by atoms with E-state index >= 15 is 0 Å². The van der Waals surface area contributed by atoms with Gasteiger partial charge in [-0.1, -0.05) is 12.1 Å². The first-order valence-electron chi connectivity index (χ1n) is 10.7. The molecule has 0 heterocycles. The van der Waals surface area contributed by atoms with Crippen molar-refractivity contribution in [3.63, 3.8) is 0 Å². The summed E-state index contributed by atoms with van der Waals surface area (Å²) in [7, 11) is -0.475. The minimum atomic E-state index is -3.53. The van der Waals surface area contributed by atoms with Crippen molar-refractivity contribution in [2.24, 2.45) is 0 Å². The Labute approximate surface area is 195 Å². The second kappa shape index (κ2) is 11.8. The number of carbonyl (C=O) groups excluding carboxylic acids is 2. The van der Waals surface area contributed by atoms with Crippen LogP contribution < -0.4 is 14.8 Å². The molecule has 33 heavy (non-hydrogen) atoms. The highest BCUT2D eigenvalue weighted by atomic mass is 32.2. The SMILES string of the molecule is COc1cc(C(C)=O)ccc1OCCCC(=O)NCc1ccc(S(=O)(=O)N(C)C(C)C)cc1. The summed E-state index contributed by atoms with van der Waals surface area (Å²) in [6, 6.07) is 11.3. The predicted octanol–water partition coefficient (Wildman–Crippen LogP) is 3.40. The summed E-state index contributed by atoms with van der Waals surface area (Å²) in [6.07, 6.45) is 0.779. The van der Waals surface area contributed by atoms with Crippen LogP contribution in [0.1, 0.15) is 49.5 Å². The fourth-order valence-electron chi connectivity index (χ4n) is 2.93. The molecule has 2 aromatic rings. The zero-order chi connectivity index (χ0) is 24.6. The van der Waals surface area contributed by atoms with E-state index in [-0.39, 0.29) is 29.0 Å². The number of methoxy groups -OCH3 is 1. The number of sulfonamides is 1. The minimum absolute atomic E-state index is 0.0596. The number of ether oxygens (including phenoxy) is 2. The van der Waals surface area contributed by atoms with E-state index in [0.717, 1.165) is 5.56 Å². The quantitative estimate of drug-likeness (QED) is 0.372. The molecule has 0 aliphatic carbocycles. The van der Waals surface area contributed by atoms with Crippen molar-refractivity contribution in [2.45, 2.75) is 51.1 Å². The molecule has 0 radical (unpaired) electrons. The van der Waals surface area contributed by atoms with Gasteiger partial charge in [0.25, 0.3) is 0 Å². The first-order chi connectivity index (χ1) is 15.6. The summed E-state index contributed by atoms with van der Waals surface area (Å²) >= 11 is 0. The lowest BCUT2D eigenvalue weighted by atomic mass is 10.1. The maximum absolute atomic E-state index is 12.5. The van der Waals surface area contributed by atoms with Gasteiger partial charge in [-0.25, -0.2) is 8.42 Å². The van der Waals surface area contributed by atoms with E-state index in [0.29, 0.717) is 36.6 Å². The molecule has 1 amide bonds. The third kappa shape index (κ3) is 7.30. The summed E-state index contributed by atoms with van der Waals surface area (Å²) in [6.45, 7) is 5.73. The van der Waals surface area contributed by atoms with Crippen molar-refractivity contribution in [3.05, 3.63) is 53.6 Å². The smallest absolute Gasteiger partial charge is 0.243 e. The van der Waals surface area contributed by atoms with Crippen LogP contribution >= 0.6 is 0 Å². The van der Waals surface area contributed by atoms with Crippen molar-refractivity contribution in [1.29, 1.82) is 0 Å². The van der Waals surface area contributed by atoms with Crippen LogP contribution in [0.25, 0.3) is 0 Å². The molecule has 0 saturated heterocycles. The number of rotatable bonds is 12. The van der Waals surface area contributed by atoms with Crippen molar-refractivity contribution < 1.29 is 27.5 Å². The number of hydrogen-bond acceptors (Lipinski definition) is 6. The summed E-state index contributed by atoms with van der Waals surface area (Å²) in [5.41, 5.74) is 1.34. The molecule has 180 valence electrons. The molecule has 2 rings (SSSR count). The molecule has 0 unspecified atom stereocenters. The highest BCUT2D eigenvalue weighted by molar-refractivity contribution is 7.89. The summed E-state index contributed by atoms with van der Waals surface area (Å²) in [5, 5.41) is 2.82. The first kappa shape index (κ1) is 26.3. The normalized spacial score (nSPS) is 11.5. The summed E-state index contributed by atoms with van der Waals surface area (Å²) in [5.74, 6) is 0.794. The number of nitrogens with zero attached hydrogens (tertiary/aromatic N) is 1. The van der Waals surface area contributed by atoms with Gasteiger partial charge in [0.1, 0.15) is 0 Å². The van der Waals surface area contributed by atoms with Crippen LogP contribution in [0, 0.1) is 0 Å². The summed E-state index contributed by atoms with van der Waals surface area (Å²) in [4.78, 5) is 23.8. The number of nitrogens with one attached hydrogen (secondary N) is 1. The minimum Gasteiger partial charge on any atom is -0.493 e. The van der Waals surface area contributed by atoms with E-state index in [1.165, 1.54) is 18.3 Å². The Bertz CT molecular complexity index is 1060. The second-order valence-corrected chi connectivity index (χ2v) is 9.91. The Morgan fingerprint density at radius 2 is 1.73 bits per heavy atom. The van der Waals surface area contributed by atoms with Crippen LogP contribution in [-0.4, -0.2) is 51.2 Å². The van der Waals surface area contributed by atoms with Gasteiger partial charge >= 0.3 is 0 Å². The maximum atomic E-state index is 12.5. The van der Waals surface area contributed by atoms with Gasteiger partial charge in [0, 0.05) is 31.6 Å².